The number of carbonyl (C=O) groups excluding carboxylic acids is 1. The summed E-state index contributed by atoms with van der Waals surface area (Å²) < 4.78 is 42.1. The van der Waals surface area contributed by atoms with E-state index < -0.39 is 24.2 Å². The molecule has 0 saturated carbocycles. The Balaban J connectivity index is 2.51. The minimum atomic E-state index is -4.89. The summed E-state index contributed by atoms with van der Waals surface area (Å²) in [5.74, 6) is -2.93. The minimum absolute atomic E-state index is 0.00734. The Morgan fingerprint density at radius 2 is 2.11 bits per heavy atom. The van der Waals surface area contributed by atoms with Gasteiger partial charge in [-0.05, 0) is 7.05 Å². The first-order chi connectivity index (χ1) is 8.70. The number of alkyl halides is 3. The molecule has 0 bridgehead atoms. The molecule has 1 aliphatic heterocycles. The lowest BCUT2D eigenvalue weighted by Gasteiger charge is -2.34. The molecule has 1 heterocycles. The fourth-order valence-corrected chi connectivity index (χ4v) is 1.84. The number of halogens is 3. The van der Waals surface area contributed by atoms with Crippen LogP contribution in [0.1, 0.15) is 0 Å². The van der Waals surface area contributed by atoms with Crippen molar-refractivity contribution < 1.29 is 32.6 Å². The fourth-order valence-electron chi connectivity index (χ4n) is 1.84. The van der Waals surface area contributed by atoms with Crippen LogP contribution in [-0.4, -0.2) is 78.9 Å². The van der Waals surface area contributed by atoms with Gasteiger partial charge in [0.1, 0.15) is 0 Å². The zero-order valence-electron chi connectivity index (χ0n) is 10.3. The van der Waals surface area contributed by atoms with E-state index in [-0.39, 0.29) is 32.8 Å². The van der Waals surface area contributed by atoms with Crippen LogP contribution in [0, 0.1) is 0 Å². The number of carbonyl (C=O) groups is 2. The van der Waals surface area contributed by atoms with Gasteiger partial charge in [0.05, 0.1) is 19.3 Å². The smallest absolute Gasteiger partial charge is 0.471 e. The lowest BCUT2D eigenvalue weighted by Crippen LogP contribution is -2.52. The van der Waals surface area contributed by atoms with Crippen LogP contribution in [0.25, 0.3) is 0 Å². The highest BCUT2D eigenvalue weighted by Crippen LogP contribution is 2.20. The van der Waals surface area contributed by atoms with Gasteiger partial charge < -0.3 is 14.7 Å². The number of carboxylic acids is 1. The number of rotatable bonds is 4. The Morgan fingerprint density at radius 3 is 2.63 bits per heavy atom. The average molecular weight is 284 g/mol. The standard InChI is InChI=1S/C10H15F3N2O4/c1-14(6-8(16)17)4-7-5-15(2-3-19-7)9(18)10(11,12)13/h7H,2-6H2,1H3,(H,16,17). The van der Waals surface area contributed by atoms with Crippen molar-refractivity contribution in [2.24, 2.45) is 0 Å². The highest BCUT2D eigenvalue weighted by molar-refractivity contribution is 5.82. The second-order valence-corrected chi connectivity index (χ2v) is 4.33. The second-order valence-electron chi connectivity index (χ2n) is 4.33. The van der Waals surface area contributed by atoms with Crippen molar-refractivity contribution in [3.05, 3.63) is 0 Å². The molecule has 6 nitrogen and oxygen atoms in total. The highest BCUT2D eigenvalue weighted by atomic mass is 19.4. The van der Waals surface area contributed by atoms with E-state index in [0.717, 1.165) is 0 Å². The van der Waals surface area contributed by atoms with Gasteiger partial charge in [-0.3, -0.25) is 14.5 Å². The first-order valence-corrected chi connectivity index (χ1v) is 5.58. The van der Waals surface area contributed by atoms with Crippen molar-refractivity contribution in [1.82, 2.24) is 9.80 Å². The van der Waals surface area contributed by atoms with Gasteiger partial charge in [0.25, 0.3) is 0 Å². The van der Waals surface area contributed by atoms with Crippen LogP contribution in [0.2, 0.25) is 0 Å². The van der Waals surface area contributed by atoms with Crippen LogP contribution in [0.15, 0.2) is 0 Å². The lowest BCUT2D eigenvalue weighted by molar-refractivity contribution is -0.191. The molecular formula is C10H15F3N2O4. The van der Waals surface area contributed by atoms with Gasteiger partial charge >= 0.3 is 18.1 Å². The molecular weight excluding hydrogens is 269 g/mol. The van der Waals surface area contributed by atoms with Crippen molar-refractivity contribution >= 4 is 11.9 Å². The third kappa shape index (κ3) is 5.03. The monoisotopic (exact) mass is 284 g/mol. The summed E-state index contributed by atoms with van der Waals surface area (Å²) in [6.45, 7) is -0.395. The molecule has 1 rings (SSSR count). The van der Waals surface area contributed by atoms with E-state index in [1.165, 1.54) is 11.9 Å². The summed E-state index contributed by atoms with van der Waals surface area (Å²) in [4.78, 5) is 23.6. The molecule has 0 aromatic carbocycles. The predicted molar refractivity (Wildman–Crippen MR) is 57.5 cm³/mol. The van der Waals surface area contributed by atoms with Crippen LogP contribution in [0.3, 0.4) is 0 Å². The number of aliphatic carboxylic acids is 1. The van der Waals surface area contributed by atoms with Gasteiger partial charge in [0, 0.05) is 19.6 Å². The molecule has 1 saturated heterocycles. The van der Waals surface area contributed by atoms with Gasteiger partial charge in [-0.25, -0.2) is 0 Å². The van der Waals surface area contributed by atoms with Crippen LogP contribution in [0.4, 0.5) is 13.2 Å². The van der Waals surface area contributed by atoms with Gasteiger partial charge in [-0.1, -0.05) is 0 Å². The molecule has 9 heteroatoms. The third-order valence-electron chi connectivity index (χ3n) is 2.59. The Kier molecular flexibility index (Phi) is 5.12. The zero-order valence-corrected chi connectivity index (χ0v) is 10.3. The Labute approximate surface area is 107 Å². The molecule has 0 aromatic rings. The van der Waals surface area contributed by atoms with E-state index in [4.69, 9.17) is 9.84 Å². The molecule has 1 N–H and O–H groups in total. The summed E-state index contributed by atoms with van der Waals surface area (Å²) in [6, 6.07) is 0. The molecule has 1 unspecified atom stereocenters. The fraction of sp³-hybridized carbons (Fsp3) is 0.800. The maximum absolute atomic E-state index is 12.3. The summed E-state index contributed by atoms with van der Waals surface area (Å²) in [5, 5.41) is 8.56. The summed E-state index contributed by atoms with van der Waals surface area (Å²) in [5.41, 5.74) is 0. The van der Waals surface area contributed by atoms with Crippen molar-refractivity contribution in [2.45, 2.75) is 12.3 Å². The minimum Gasteiger partial charge on any atom is -0.480 e. The quantitative estimate of drug-likeness (QED) is 0.773. The highest BCUT2D eigenvalue weighted by Gasteiger charge is 2.43. The maximum atomic E-state index is 12.3. The molecule has 1 aliphatic rings. The normalized spacial score (nSPS) is 20.7. The van der Waals surface area contributed by atoms with E-state index >= 15 is 0 Å². The second kappa shape index (κ2) is 6.20. The van der Waals surface area contributed by atoms with E-state index in [1.54, 1.807) is 0 Å². The van der Waals surface area contributed by atoms with Gasteiger partial charge in [-0.15, -0.1) is 0 Å². The van der Waals surface area contributed by atoms with Crippen LogP contribution < -0.4 is 0 Å². The lowest BCUT2D eigenvalue weighted by atomic mass is 10.2. The first-order valence-electron chi connectivity index (χ1n) is 5.58. The number of likely N-dealkylation sites (N-methyl/N-ethyl adjacent to an activating group) is 1. The molecule has 1 atom stereocenters. The summed E-state index contributed by atoms with van der Waals surface area (Å²) in [7, 11) is 1.52. The SMILES string of the molecule is CN(CC(=O)O)CC1CN(C(=O)C(F)(F)F)CCO1. The number of hydrogen-bond acceptors (Lipinski definition) is 4. The first kappa shape index (κ1) is 15.7. The number of carboxylic acid groups (broad SMARTS) is 1. The Hall–Kier alpha value is -1.35. The number of ether oxygens (including phenoxy) is 1. The largest absolute Gasteiger partial charge is 0.480 e. The van der Waals surface area contributed by atoms with E-state index in [1.807, 2.05) is 0 Å². The van der Waals surface area contributed by atoms with Crippen LogP contribution in [0.5, 0.6) is 0 Å². The predicted octanol–water partition coefficient (Wildman–Crippen LogP) is -0.207. The van der Waals surface area contributed by atoms with Crippen LogP contribution in [-0.2, 0) is 14.3 Å². The number of amides is 1. The molecule has 1 amide bonds. The number of nitrogens with zero attached hydrogens (tertiary/aromatic N) is 2. The van der Waals surface area contributed by atoms with E-state index in [9.17, 15) is 22.8 Å². The number of morpholine rings is 1. The van der Waals surface area contributed by atoms with E-state index in [2.05, 4.69) is 0 Å². The van der Waals surface area contributed by atoms with Crippen molar-refractivity contribution in [3.63, 3.8) is 0 Å². The Bertz CT molecular complexity index is 348. The van der Waals surface area contributed by atoms with Gasteiger partial charge in [0.2, 0.25) is 0 Å². The zero-order chi connectivity index (χ0) is 14.6. The molecule has 19 heavy (non-hydrogen) atoms. The maximum Gasteiger partial charge on any atom is 0.471 e. The van der Waals surface area contributed by atoms with Crippen molar-refractivity contribution in [1.29, 1.82) is 0 Å². The molecule has 110 valence electrons. The molecule has 0 radical (unpaired) electrons. The van der Waals surface area contributed by atoms with Crippen molar-refractivity contribution in [3.8, 4) is 0 Å². The molecule has 0 spiro atoms. The van der Waals surface area contributed by atoms with Crippen LogP contribution >= 0.6 is 0 Å². The molecule has 1 fully saturated rings. The summed E-state index contributed by atoms with van der Waals surface area (Å²) >= 11 is 0. The van der Waals surface area contributed by atoms with Crippen molar-refractivity contribution in [2.75, 3.05) is 39.8 Å². The Morgan fingerprint density at radius 1 is 1.47 bits per heavy atom. The van der Waals surface area contributed by atoms with Gasteiger partial charge in [-0.2, -0.15) is 13.2 Å². The summed E-state index contributed by atoms with van der Waals surface area (Å²) in [6.07, 6.45) is -5.51. The van der Waals surface area contributed by atoms with Gasteiger partial charge in [0.15, 0.2) is 0 Å². The van der Waals surface area contributed by atoms with E-state index in [0.29, 0.717) is 4.90 Å². The molecule has 0 aromatic heterocycles. The number of hydrogen-bond donors (Lipinski definition) is 1. The molecule has 0 aliphatic carbocycles. The topological polar surface area (TPSA) is 70.1 Å². The average Bonchev–Trinajstić information content (AvgIpc) is 2.25. The third-order valence-corrected chi connectivity index (χ3v) is 2.59.